The second-order valence-electron chi connectivity index (χ2n) is 5.06. The second-order valence-corrected chi connectivity index (χ2v) is 5.49. The fourth-order valence-electron chi connectivity index (χ4n) is 2.38. The number of rotatable bonds is 4. The minimum absolute atomic E-state index is 0.0162. The van der Waals surface area contributed by atoms with Crippen molar-refractivity contribution in [2.45, 2.75) is 25.2 Å². The van der Waals surface area contributed by atoms with Gasteiger partial charge < -0.3 is 0 Å². The van der Waals surface area contributed by atoms with Crippen LogP contribution in [-0.2, 0) is 4.79 Å². The molecule has 1 fully saturated rings. The molecule has 0 radical (unpaired) electrons. The fraction of sp³-hybridized carbons (Fsp3) is 0.500. The lowest BCUT2D eigenvalue weighted by molar-refractivity contribution is -0.118. The number of hydrogen-bond donors (Lipinski definition) is 0. The number of likely N-dealkylation sites (tertiary alicyclic amines) is 1. The van der Waals surface area contributed by atoms with Gasteiger partial charge in [-0.15, -0.1) is 0 Å². The van der Waals surface area contributed by atoms with Gasteiger partial charge in [0.1, 0.15) is 5.78 Å². The van der Waals surface area contributed by atoms with Gasteiger partial charge >= 0.3 is 0 Å². The molecule has 0 spiro atoms. The molecule has 0 aliphatic carbocycles. The Labute approximate surface area is 116 Å². The summed E-state index contributed by atoms with van der Waals surface area (Å²) in [6.07, 6.45) is -0.127. The lowest BCUT2D eigenvalue weighted by atomic mass is 9.95. The van der Waals surface area contributed by atoms with Crippen molar-refractivity contribution in [1.29, 1.82) is 0 Å². The second kappa shape index (κ2) is 5.55. The maximum atomic E-state index is 13.2. The van der Waals surface area contributed by atoms with E-state index in [1.807, 2.05) is 0 Å². The van der Waals surface area contributed by atoms with Crippen LogP contribution in [0.5, 0.6) is 0 Å². The average molecular weight is 288 g/mol. The van der Waals surface area contributed by atoms with Crippen LogP contribution in [0.15, 0.2) is 24.3 Å². The molecule has 1 saturated heterocycles. The number of carbonyl (C=O) groups is 1. The zero-order chi connectivity index (χ0) is 14.0. The minimum Gasteiger partial charge on any atom is -0.299 e. The Balaban J connectivity index is 2.09. The van der Waals surface area contributed by atoms with Gasteiger partial charge in [-0.1, -0.05) is 23.7 Å². The summed E-state index contributed by atoms with van der Waals surface area (Å²) in [7, 11) is 0. The van der Waals surface area contributed by atoms with Crippen LogP contribution in [0.2, 0.25) is 5.02 Å². The van der Waals surface area contributed by atoms with E-state index in [1.54, 1.807) is 29.2 Å². The van der Waals surface area contributed by atoms with E-state index in [9.17, 15) is 13.6 Å². The van der Waals surface area contributed by atoms with Crippen LogP contribution in [0, 0.1) is 0 Å². The highest BCUT2D eigenvalue weighted by atomic mass is 35.5. The summed E-state index contributed by atoms with van der Waals surface area (Å²) in [5, 5.41) is 0.596. The van der Waals surface area contributed by atoms with Crippen LogP contribution >= 0.6 is 11.6 Å². The van der Waals surface area contributed by atoms with Gasteiger partial charge in [0.05, 0.1) is 12.5 Å². The quantitative estimate of drug-likeness (QED) is 0.846. The molecule has 0 bridgehead atoms. The van der Waals surface area contributed by atoms with E-state index < -0.39 is 5.92 Å². The molecule has 1 atom stereocenters. The summed E-state index contributed by atoms with van der Waals surface area (Å²) in [6, 6.07) is 6.99. The van der Waals surface area contributed by atoms with Crippen LogP contribution in [0.3, 0.4) is 0 Å². The van der Waals surface area contributed by atoms with Crippen LogP contribution in [0.1, 0.15) is 24.8 Å². The lowest BCUT2D eigenvalue weighted by Gasteiger charge is -2.22. The monoisotopic (exact) mass is 287 g/mol. The third-order valence-electron chi connectivity index (χ3n) is 3.45. The Bertz CT molecular complexity index is 461. The summed E-state index contributed by atoms with van der Waals surface area (Å²) in [5.41, 5.74) is 0.826. The zero-order valence-corrected chi connectivity index (χ0v) is 11.5. The predicted octanol–water partition coefficient (Wildman–Crippen LogP) is 3.35. The maximum Gasteiger partial charge on any atom is 0.261 e. The first-order valence-electron chi connectivity index (χ1n) is 6.23. The van der Waals surface area contributed by atoms with Gasteiger partial charge in [0, 0.05) is 24.5 Å². The molecule has 1 heterocycles. The van der Waals surface area contributed by atoms with E-state index in [0.717, 1.165) is 5.56 Å². The highest BCUT2D eigenvalue weighted by molar-refractivity contribution is 6.30. The molecule has 0 saturated carbocycles. The van der Waals surface area contributed by atoms with Crippen molar-refractivity contribution in [2.24, 2.45) is 0 Å². The SMILES string of the molecule is CC(=O)C(CN1CCC(F)(F)C1)c1ccc(Cl)cc1. The molecular formula is C14H16ClF2NO. The summed E-state index contributed by atoms with van der Waals surface area (Å²) >= 11 is 5.81. The zero-order valence-electron chi connectivity index (χ0n) is 10.7. The molecule has 19 heavy (non-hydrogen) atoms. The van der Waals surface area contributed by atoms with Crippen LogP contribution in [0.4, 0.5) is 8.78 Å². The molecule has 0 amide bonds. The van der Waals surface area contributed by atoms with Crippen molar-refractivity contribution in [3.8, 4) is 0 Å². The molecule has 1 unspecified atom stereocenters. The van der Waals surface area contributed by atoms with E-state index in [4.69, 9.17) is 11.6 Å². The number of nitrogens with zero attached hydrogens (tertiary/aromatic N) is 1. The molecule has 5 heteroatoms. The smallest absolute Gasteiger partial charge is 0.261 e. The van der Waals surface area contributed by atoms with Crippen molar-refractivity contribution in [2.75, 3.05) is 19.6 Å². The first-order valence-corrected chi connectivity index (χ1v) is 6.61. The van der Waals surface area contributed by atoms with E-state index in [2.05, 4.69) is 0 Å². The summed E-state index contributed by atoms with van der Waals surface area (Å²) in [4.78, 5) is 13.4. The normalized spacial score (nSPS) is 20.4. The topological polar surface area (TPSA) is 20.3 Å². The van der Waals surface area contributed by atoms with Crippen molar-refractivity contribution in [1.82, 2.24) is 4.90 Å². The number of alkyl halides is 2. The fourth-order valence-corrected chi connectivity index (χ4v) is 2.51. The molecule has 2 rings (SSSR count). The molecule has 1 aliphatic rings. The minimum atomic E-state index is -2.62. The van der Waals surface area contributed by atoms with Gasteiger partial charge in [0.2, 0.25) is 0 Å². The molecule has 104 valence electrons. The van der Waals surface area contributed by atoms with E-state index in [0.29, 0.717) is 18.1 Å². The Hall–Kier alpha value is -1.00. The summed E-state index contributed by atoms with van der Waals surface area (Å²) in [5.74, 6) is -3.01. The van der Waals surface area contributed by atoms with E-state index in [1.165, 1.54) is 6.92 Å². The highest BCUT2D eigenvalue weighted by Crippen LogP contribution is 2.29. The molecule has 1 aromatic carbocycles. The predicted molar refractivity (Wildman–Crippen MR) is 70.9 cm³/mol. The van der Waals surface area contributed by atoms with Gasteiger partial charge in [-0.2, -0.15) is 0 Å². The first-order chi connectivity index (χ1) is 8.87. The first kappa shape index (κ1) is 14.4. The number of ketones is 1. The van der Waals surface area contributed by atoms with Gasteiger partial charge in [-0.05, 0) is 24.6 Å². The van der Waals surface area contributed by atoms with E-state index in [-0.39, 0.29) is 24.7 Å². The van der Waals surface area contributed by atoms with Gasteiger partial charge in [0.15, 0.2) is 0 Å². The Morgan fingerprint density at radius 3 is 2.53 bits per heavy atom. The standard InChI is InChI=1S/C14H16ClF2NO/c1-10(19)13(11-2-4-12(15)5-3-11)8-18-7-6-14(16,17)9-18/h2-5,13H,6-9H2,1H3. The van der Waals surface area contributed by atoms with Crippen LogP contribution in [0.25, 0.3) is 0 Å². The molecule has 0 N–H and O–H groups in total. The van der Waals surface area contributed by atoms with Crippen LogP contribution < -0.4 is 0 Å². The van der Waals surface area contributed by atoms with Crippen LogP contribution in [-0.4, -0.2) is 36.2 Å². The summed E-state index contributed by atoms with van der Waals surface area (Å²) in [6.45, 7) is 1.91. The largest absolute Gasteiger partial charge is 0.299 e. The highest BCUT2D eigenvalue weighted by Gasteiger charge is 2.39. The summed E-state index contributed by atoms with van der Waals surface area (Å²) < 4.78 is 26.3. The average Bonchev–Trinajstić information content (AvgIpc) is 2.67. The number of halogens is 3. The molecule has 2 nitrogen and oxygen atoms in total. The molecule has 0 aromatic heterocycles. The van der Waals surface area contributed by atoms with Crippen molar-refractivity contribution in [3.63, 3.8) is 0 Å². The number of carbonyl (C=O) groups excluding carboxylic acids is 1. The number of benzene rings is 1. The van der Waals surface area contributed by atoms with Crippen molar-refractivity contribution < 1.29 is 13.6 Å². The third kappa shape index (κ3) is 3.74. The lowest BCUT2D eigenvalue weighted by Crippen LogP contribution is -2.31. The van der Waals surface area contributed by atoms with Crippen molar-refractivity contribution in [3.05, 3.63) is 34.9 Å². The Kier molecular flexibility index (Phi) is 4.21. The Morgan fingerprint density at radius 2 is 2.05 bits per heavy atom. The van der Waals surface area contributed by atoms with Gasteiger partial charge in [0.25, 0.3) is 5.92 Å². The maximum absolute atomic E-state index is 13.2. The molecule has 1 aromatic rings. The molecular weight excluding hydrogens is 272 g/mol. The van der Waals surface area contributed by atoms with Gasteiger partial charge in [-0.3, -0.25) is 9.69 Å². The number of hydrogen-bond acceptors (Lipinski definition) is 2. The van der Waals surface area contributed by atoms with E-state index >= 15 is 0 Å². The molecule has 1 aliphatic heterocycles. The van der Waals surface area contributed by atoms with Crippen molar-refractivity contribution >= 4 is 17.4 Å². The number of Topliss-reactive ketones (excluding diaryl/α,β-unsaturated/α-hetero) is 1. The van der Waals surface area contributed by atoms with Gasteiger partial charge in [-0.25, -0.2) is 8.78 Å². The third-order valence-corrected chi connectivity index (χ3v) is 3.70. The Morgan fingerprint density at radius 1 is 1.42 bits per heavy atom.